The van der Waals surface area contributed by atoms with Crippen molar-refractivity contribution in [3.63, 3.8) is 0 Å². The first-order valence-corrected chi connectivity index (χ1v) is 9.10. The van der Waals surface area contributed by atoms with Crippen LogP contribution in [0.15, 0.2) is 43.0 Å². The minimum atomic E-state index is -0.319. The molecule has 1 aliphatic heterocycles. The molecule has 25 heavy (non-hydrogen) atoms. The molecular weight excluding hydrogens is 309 g/mol. The van der Waals surface area contributed by atoms with Gasteiger partial charge in [-0.25, -0.2) is 0 Å². The lowest BCUT2D eigenvalue weighted by Gasteiger charge is -2.32. The van der Waals surface area contributed by atoms with Gasteiger partial charge in [-0.05, 0) is 68.4 Å². The summed E-state index contributed by atoms with van der Waals surface area (Å²) >= 11 is 0. The number of fused-ring (bicyclic) bond motifs is 1. The lowest BCUT2D eigenvalue weighted by Crippen LogP contribution is -2.41. The molecule has 4 heteroatoms. The Kier molecular flexibility index (Phi) is 3.75. The van der Waals surface area contributed by atoms with Gasteiger partial charge in [0.05, 0.1) is 11.2 Å². The Morgan fingerprint density at radius 3 is 2.24 bits per heavy atom. The molecule has 130 valence electrons. The molecule has 1 aliphatic carbocycles. The summed E-state index contributed by atoms with van der Waals surface area (Å²) in [6, 6.07) is 13.5. The largest absolute Gasteiger partial charge is 0.494 e. The SMILES string of the molecule is C=C(NC1CC1)c1ccc2cc(B3OC(C)(C)C(C)(C)O3)ccc2c1. The van der Waals surface area contributed by atoms with E-state index in [4.69, 9.17) is 9.31 Å². The molecule has 2 aromatic rings. The third-order valence-corrected chi connectivity index (χ3v) is 5.69. The maximum absolute atomic E-state index is 6.17. The first kappa shape index (κ1) is 16.7. The highest BCUT2D eigenvalue weighted by atomic mass is 16.7. The van der Waals surface area contributed by atoms with Crippen molar-refractivity contribution in [1.82, 2.24) is 5.32 Å². The predicted octanol–water partition coefficient (Wildman–Crippen LogP) is 3.86. The van der Waals surface area contributed by atoms with Crippen molar-refractivity contribution in [2.75, 3.05) is 0 Å². The van der Waals surface area contributed by atoms with Gasteiger partial charge in [-0.2, -0.15) is 0 Å². The lowest BCUT2D eigenvalue weighted by molar-refractivity contribution is 0.00578. The first-order chi connectivity index (χ1) is 11.7. The van der Waals surface area contributed by atoms with Crippen molar-refractivity contribution in [1.29, 1.82) is 0 Å². The average Bonchev–Trinajstić information content (AvgIpc) is 3.32. The van der Waals surface area contributed by atoms with Crippen molar-refractivity contribution in [3.8, 4) is 0 Å². The molecule has 0 unspecified atom stereocenters. The summed E-state index contributed by atoms with van der Waals surface area (Å²) < 4.78 is 12.3. The Hall–Kier alpha value is -1.78. The highest BCUT2D eigenvalue weighted by Gasteiger charge is 2.51. The summed E-state index contributed by atoms with van der Waals surface area (Å²) in [5.74, 6) is 0. The Balaban J connectivity index is 1.60. The number of rotatable bonds is 4. The molecule has 0 atom stereocenters. The Morgan fingerprint density at radius 2 is 1.60 bits per heavy atom. The fraction of sp³-hybridized carbons (Fsp3) is 0.429. The zero-order valence-corrected chi connectivity index (χ0v) is 15.6. The highest BCUT2D eigenvalue weighted by Crippen LogP contribution is 2.36. The van der Waals surface area contributed by atoms with Crippen LogP contribution in [-0.4, -0.2) is 24.4 Å². The molecular formula is C21H26BNO2. The maximum atomic E-state index is 6.17. The summed E-state index contributed by atoms with van der Waals surface area (Å²) in [5.41, 5.74) is 2.60. The second-order valence-corrected chi connectivity index (χ2v) is 8.31. The molecule has 2 aliphatic rings. The van der Waals surface area contributed by atoms with Crippen molar-refractivity contribution in [3.05, 3.63) is 48.5 Å². The van der Waals surface area contributed by atoms with Gasteiger partial charge in [0.2, 0.25) is 0 Å². The van der Waals surface area contributed by atoms with E-state index in [1.54, 1.807) is 0 Å². The molecule has 0 spiro atoms. The minimum absolute atomic E-state index is 0.317. The first-order valence-electron chi connectivity index (χ1n) is 9.10. The molecule has 3 nitrogen and oxygen atoms in total. The number of nitrogens with one attached hydrogen (secondary N) is 1. The normalized spacial score (nSPS) is 21.5. The molecule has 1 saturated heterocycles. The Labute approximate surface area is 150 Å². The van der Waals surface area contributed by atoms with Crippen LogP contribution in [0.4, 0.5) is 0 Å². The van der Waals surface area contributed by atoms with Gasteiger partial charge in [0, 0.05) is 11.7 Å². The quantitative estimate of drug-likeness (QED) is 0.861. The van der Waals surface area contributed by atoms with Gasteiger partial charge in [0.1, 0.15) is 0 Å². The monoisotopic (exact) mass is 335 g/mol. The molecule has 2 aromatic carbocycles. The van der Waals surface area contributed by atoms with E-state index in [2.05, 4.69) is 76.0 Å². The van der Waals surface area contributed by atoms with Gasteiger partial charge >= 0.3 is 7.12 Å². The number of hydrogen-bond acceptors (Lipinski definition) is 3. The van der Waals surface area contributed by atoms with Gasteiger partial charge in [-0.1, -0.05) is 36.9 Å². The summed E-state index contributed by atoms with van der Waals surface area (Å²) in [6.45, 7) is 12.5. The van der Waals surface area contributed by atoms with Crippen LogP contribution in [0, 0.1) is 0 Å². The van der Waals surface area contributed by atoms with E-state index in [1.165, 1.54) is 23.6 Å². The Morgan fingerprint density at radius 1 is 1.00 bits per heavy atom. The zero-order valence-electron chi connectivity index (χ0n) is 15.6. The van der Waals surface area contributed by atoms with E-state index >= 15 is 0 Å². The van der Waals surface area contributed by atoms with Gasteiger partial charge in [-0.3, -0.25) is 0 Å². The van der Waals surface area contributed by atoms with Crippen molar-refractivity contribution < 1.29 is 9.31 Å². The zero-order chi connectivity index (χ0) is 17.8. The van der Waals surface area contributed by atoms with Crippen LogP contribution < -0.4 is 10.8 Å². The van der Waals surface area contributed by atoms with Crippen molar-refractivity contribution in [2.45, 2.75) is 57.8 Å². The molecule has 4 rings (SSSR count). The Bertz CT molecular complexity index is 823. The molecule has 0 bridgehead atoms. The maximum Gasteiger partial charge on any atom is 0.494 e. The smallest absolute Gasteiger partial charge is 0.399 e. The molecule has 1 N–H and O–H groups in total. The van der Waals surface area contributed by atoms with E-state index < -0.39 is 0 Å². The van der Waals surface area contributed by atoms with Crippen LogP contribution in [0.25, 0.3) is 16.5 Å². The minimum Gasteiger partial charge on any atom is -0.399 e. The van der Waals surface area contributed by atoms with Crippen LogP contribution in [0.3, 0.4) is 0 Å². The predicted molar refractivity (Wildman–Crippen MR) is 105 cm³/mol. The lowest BCUT2D eigenvalue weighted by atomic mass is 9.78. The topological polar surface area (TPSA) is 30.5 Å². The van der Waals surface area contributed by atoms with Crippen LogP contribution in [0.5, 0.6) is 0 Å². The third-order valence-electron chi connectivity index (χ3n) is 5.69. The fourth-order valence-corrected chi connectivity index (χ4v) is 3.14. The summed E-state index contributed by atoms with van der Waals surface area (Å²) in [5, 5.41) is 5.87. The fourth-order valence-electron chi connectivity index (χ4n) is 3.14. The van der Waals surface area contributed by atoms with E-state index in [1.807, 2.05) is 0 Å². The highest BCUT2D eigenvalue weighted by molar-refractivity contribution is 6.62. The van der Waals surface area contributed by atoms with Crippen LogP contribution in [0.2, 0.25) is 0 Å². The second kappa shape index (κ2) is 5.62. The van der Waals surface area contributed by atoms with Crippen molar-refractivity contribution in [2.24, 2.45) is 0 Å². The molecule has 1 heterocycles. The van der Waals surface area contributed by atoms with Gasteiger partial charge in [0.15, 0.2) is 0 Å². The van der Waals surface area contributed by atoms with Crippen LogP contribution in [0.1, 0.15) is 46.1 Å². The van der Waals surface area contributed by atoms with Gasteiger partial charge < -0.3 is 14.6 Å². The molecule has 0 radical (unpaired) electrons. The van der Waals surface area contributed by atoms with E-state index in [0.717, 1.165) is 16.7 Å². The number of benzene rings is 2. The van der Waals surface area contributed by atoms with Crippen LogP contribution >= 0.6 is 0 Å². The molecule has 0 aromatic heterocycles. The average molecular weight is 335 g/mol. The van der Waals surface area contributed by atoms with E-state index in [0.29, 0.717) is 6.04 Å². The molecule has 1 saturated carbocycles. The van der Waals surface area contributed by atoms with E-state index in [-0.39, 0.29) is 18.3 Å². The van der Waals surface area contributed by atoms with Crippen molar-refractivity contribution >= 4 is 29.1 Å². The molecule has 0 amide bonds. The summed E-state index contributed by atoms with van der Waals surface area (Å²) in [4.78, 5) is 0. The van der Waals surface area contributed by atoms with E-state index in [9.17, 15) is 0 Å². The second-order valence-electron chi connectivity index (χ2n) is 8.31. The summed E-state index contributed by atoms with van der Waals surface area (Å²) in [7, 11) is -0.319. The third kappa shape index (κ3) is 3.09. The van der Waals surface area contributed by atoms with Gasteiger partial charge in [-0.15, -0.1) is 0 Å². The summed E-state index contributed by atoms with van der Waals surface area (Å²) in [6.07, 6.45) is 2.51. The standard InChI is InChI=1S/C21H26BNO2/c1-14(23-19-10-11-19)15-6-7-17-13-18(9-8-16(17)12-15)22-24-20(2,3)21(4,5)25-22/h6-9,12-13,19,23H,1,10-11H2,2-5H3. The number of hydrogen-bond donors (Lipinski definition) is 1. The molecule has 2 fully saturated rings. The van der Waals surface area contributed by atoms with Gasteiger partial charge in [0.25, 0.3) is 0 Å². The van der Waals surface area contributed by atoms with Crippen LogP contribution in [-0.2, 0) is 9.31 Å².